The van der Waals surface area contributed by atoms with Gasteiger partial charge in [0.2, 0.25) is 6.10 Å². The van der Waals surface area contributed by atoms with Gasteiger partial charge in [-0.25, -0.2) is 4.39 Å². The van der Waals surface area contributed by atoms with E-state index in [0.717, 1.165) is 12.0 Å². The quantitative estimate of drug-likeness (QED) is 0.781. The molecule has 21 heavy (non-hydrogen) atoms. The predicted molar refractivity (Wildman–Crippen MR) is 76.5 cm³/mol. The Balaban J connectivity index is 1.75. The highest BCUT2D eigenvalue weighted by atomic mass is 19.1. The van der Waals surface area contributed by atoms with Crippen LogP contribution in [0, 0.1) is 5.82 Å². The van der Waals surface area contributed by atoms with Gasteiger partial charge in [0, 0.05) is 26.2 Å². The molecule has 0 aliphatic carbocycles. The third kappa shape index (κ3) is 4.53. The largest absolute Gasteiger partial charge is 0.382 e. The number of carbonyl (C=O) groups excluding carboxylic acids is 1. The molecule has 1 atom stereocenters. The summed E-state index contributed by atoms with van der Waals surface area (Å²) in [4.78, 5) is 17.0. The average Bonchev–Trinajstić information content (AvgIpc) is 2.97. The molecule has 0 saturated heterocycles. The number of nitrogens with one attached hydrogen (secondary N) is 1. The lowest BCUT2D eigenvalue weighted by Crippen LogP contribution is -2.35. The fourth-order valence-electron chi connectivity index (χ4n) is 1.97. The maximum Gasteiger partial charge on any atom is 0.264 e. The predicted octanol–water partition coefficient (Wildman–Crippen LogP) is 1.86. The molecule has 1 N–H and O–H groups in total. The number of hydrogen-bond acceptors (Lipinski definition) is 4. The van der Waals surface area contributed by atoms with Crippen LogP contribution in [0.5, 0.6) is 0 Å². The zero-order valence-electron chi connectivity index (χ0n) is 12.0. The smallest absolute Gasteiger partial charge is 0.264 e. The van der Waals surface area contributed by atoms with Gasteiger partial charge in [-0.2, -0.15) is 0 Å². The Morgan fingerprint density at radius 1 is 1.48 bits per heavy atom. The van der Waals surface area contributed by atoms with Gasteiger partial charge in [0.1, 0.15) is 5.82 Å². The summed E-state index contributed by atoms with van der Waals surface area (Å²) in [7, 11) is 0. The van der Waals surface area contributed by atoms with Crippen LogP contribution in [0.3, 0.4) is 0 Å². The number of halogens is 1. The number of rotatable bonds is 7. The molecule has 1 aromatic carbocycles. The molecular formula is C15H19FN2O3. The second-order valence-corrected chi connectivity index (χ2v) is 4.68. The van der Waals surface area contributed by atoms with Crippen LogP contribution in [-0.4, -0.2) is 37.5 Å². The van der Waals surface area contributed by atoms with Crippen molar-refractivity contribution >= 4 is 11.6 Å². The molecule has 0 fully saturated rings. The zero-order chi connectivity index (χ0) is 15.1. The molecule has 0 radical (unpaired) electrons. The number of ether oxygens (including phenoxy) is 1. The second-order valence-electron chi connectivity index (χ2n) is 4.68. The fourth-order valence-corrected chi connectivity index (χ4v) is 1.97. The van der Waals surface area contributed by atoms with Crippen molar-refractivity contribution in [3.8, 4) is 0 Å². The fraction of sp³-hybridized carbons (Fsp3) is 0.467. The Morgan fingerprint density at radius 3 is 2.95 bits per heavy atom. The lowest BCUT2D eigenvalue weighted by Gasteiger charge is -2.09. The van der Waals surface area contributed by atoms with Gasteiger partial charge in [-0.3, -0.25) is 4.79 Å². The van der Waals surface area contributed by atoms with Crippen molar-refractivity contribution in [2.75, 3.05) is 19.8 Å². The van der Waals surface area contributed by atoms with Crippen LogP contribution in [0.15, 0.2) is 29.4 Å². The van der Waals surface area contributed by atoms with Crippen molar-refractivity contribution in [2.45, 2.75) is 25.9 Å². The summed E-state index contributed by atoms with van der Waals surface area (Å²) in [5, 5.41) is 6.69. The summed E-state index contributed by atoms with van der Waals surface area (Å²) in [6.07, 6.45) is 0.540. The highest BCUT2D eigenvalue weighted by Crippen LogP contribution is 2.17. The Morgan fingerprint density at radius 2 is 2.24 bits per heavy atom. The van der Waals surface area contributed by atoms with Gasteiger partial charge in [0.15, 0.2) is 0 Å². The number of nitrogens with zero attached hydrogens (tertiary/aromatic N) is 1. The summed E-state index contributed by atoms with van der Waals surface area (Å²) in [6, 6.07) is 5.97. The molecule has 5 nitrogen and oxygen atoms in total. The molecule has 1 aliphatic rings. The van der Waals surface area contributed by atoms with Crippen LogP contribution < -0.4 is 5.32 Å². The summed E-state index contributed by atoms with van der Waals surface area (Å²) in [5.74, 6) is -0.491. The van der Waals surface area contributed by atoms with Crippen molar-refractivity contribution in [3.05, 3.63) is 35.6 Å². The third-order valence-electron chi connectivity index (χ3n) is 3.11. The van der Waals surface area contributed by atoms with Crippen molar-refractivity contribution in [1.29, 1.82) is 0 Å². The van der Waals surface area contributed by atoms with Crippen molar-refractivity contribution < 1.29 is 18.8 Å². The van der Waals surface area contributed by atoms with E-state index in [4.69, 9.17) is 9.57 Å². The maximum atomic E-state index is 12.9. The normalized spacial score (nSPS) is 17.2. The van der Waals surface area contributed by atoms with Crippen LogP contribution in [-0.2, 0) is 14.4 Å². The molecule has 1 aliphatic heterocycles. The van der Waals surface area contributed by atoms with Crippen LogP contribution in [0.1, 0.15) is 25.3 Å². The average molecular weight is 294 g/mol. The van der Waals surface area contributed by atoms with E-state index in [-0.39, 0.29) is 11.7 Å². The number of oxime groups is 1. The highest BCUT2D eigenvalue weighted by molar-refractivity contribution is 6.04. The summed E-state index contributed by atoms with van der Waals surface area (Å²) in [5.41, 5.74) is 1.42. The molecule has 114 valence electrons. The molecular weight excluding hydrogens is 275 g/mol. The number of benzene rings is 1. The maximum absolute atomic E-state index is 12.9. The van der Waals surface area contributed by atoms with Crippen molar-refractivity contribution in [3.63, 3.8) is 0 Å². The van der Waals surface area contributed by atoms with Gasteiger partial charge in [-0.05, 0) is 31.0 Å². The van der Waals surface area contributed by atoms with E-state index in [1.807, 2.05) is 6.92 Å². The second kappa shape index (κ2) is 7.73. The van der Waals surface area contributed by atoms with Crippen LogP contribution in [0.4, 0.5) is 4.39 Å². The number of amides is 1. The zero-order valence-corrected chi connectivity index (χ0v) is 12.0. The first-order valence-electron chi connectivity index (χ1n) is 7.04. The minimum atomic E-state index is -0.614. The Hall–Kier alpha value is -1.95. The lowest BCUT2D eigenvalue weighted by atomic mass is 10.0. The molecule has 0 aromatic heterocycles. The molecule has 1 heterocycles. The van der Waals surface area contributed by atoms with E-state index in [0.29, 0.717) is 31.9 Å². The third-order valence-corrected chi connectivity index (χ3v) is 3.11. The van der Waals surface area contributed by atoms with Gasteiger partial charge >= 0.3 is 0 Å². The van der Waals surface area contributed by atoms with Crippen LogP contribution in [0.2, 0.25) is 0 Å². The number of hydrogen-bond donors (Lipinski definition) is 1. The Bertz CT molecular complexity index is 502. The summed E-state index contributed by atoms with van der Waals surface area (Å²) >= 11 is 0. The number of carbonyl (C=O) groups is 1. The van der Waals surface area contributed by atoms with Gasteiger partial charge < -0.3 is 14.9 Å². The Labute approximate surface area is 123 Å². The van der Waals surface area contributed by atoms with E-state index < -0.39 is 6.10 Å². The van der Waals surface area contributed by atoms with Crippen LogP contribution in [0.25, 0.3) is 0 Å². The van der Waals surface area contributed by atoms with Crippen LogP contribution >= 0.6 is 0 Å². The molecule has 0 bridgehead atoms. The summed E-state index contributed by atoms with van der Waals surface area (Å²) < 4.78 is 18.1. The van der Waals surface area contributed by atoms with E-state index in [1.165, 1.54) is 12.1 Å². The van der Waals surface area contributed by atoms with Gasteiger partial charge in [-0.1, -0.05) is 17.3 Å². The molecule has 2 rings (SSSR count). The van der Waals surface area contributed by atoms with Crippen molar-refractivity contribution in [1.82, 2.24) is 5.32 Å². The van der Waals surface area contributed by atoms with E-state index >= 15 is 0 Å². The highest BCUT2D eigenvalue weighted by Gasteiger charge is 2.28. The molecule has 1 amide bonds. The lowest BCUT2D eigenvalue weighted by molar-refractivity contribution is -0.131. The van der Waals surface area contributed by atoms with Gasteiger partial charge in [0.05, 0.1) is 5.71 Å². The van der Waals surface area contributed by atoms with E-state index in [2.05, 4.69) is 10.5 Å². The topological polar surface area (TPSA) is 59.9 Å². The first-order valence-corrected chi connectivity index (χ1v) is 7.04. The first kappa shape index (κ1) is 15.4. The van der Waals surface area contributed by atoms with E-state index in [1.54, 1.807) is 12.1 Å². The first-order chi connectivity index (χ1) is 10.2. The minimum Gasteiger partial charge on any atom is -0.382 e. The van der Waals surface area contributed by atoms with E-state index in [9.17, 15) is 9.18 Å². The molecule has 0 spiro atoms. The SMILES string of the molecule is CCOCCCNC(=O)C1CC(c2ccc(F)cc2)=NO1. The Kier molecular flexibility index (Phi) is 5.68. The van der Waals surface area contributed by atoms with Crippen molar-refractivity contribution in [2.24, 2.45) is 5.16 Å². The summed E-state index contributed by atoms with van der Waals surface area (Å²) in [6.45, 7) is 3.78. The molecule has 6 heteroatoms. The molecule has 0 saturated carbocycles. The molecule has 1 unspecified atom stereocenters. The monoisotopic (exact) mass is 294 g/mol. The van der Waals surface area contributed by atoms with Gasteiger partial charge in [-0.15, -0.1) is 0 Å². The standard InChI is InChI=1S/C15H19FN2O3/c1-2-20-9-3-8-17-15(19)14-10-13(18-21-14)11-4-6-12(16)7-5-11/h4-7,14H,2-3,8-10H2,1H3,(H,17,19). The van der Waals surface area contributed by atoms with Gasteiger partial charge in [0.25, 0.3) is 5.91 Å². The minimum absolute atomic E-state index is 0.188. The molecule has 1 aromatic rings.